The minimum Gasteiger partial charge on any atom is -0.353 e. The highest BCUT2D eigenvalue weighted by Crippen LogP contribution is 2.33. The zero-order chi connectivity index (χ0) is 16.4. The van der Waals surface area contributed by atoms with Crippen LogP contribution in [-0.4, -0.2) is 47.0 Å². The highest BCUT2D eigenvalue weighted by atomic mass is 32.1. The summed E-state index contributed by atoms with van der Waals surface area (Å²) in [5, 5.41) is 0. The number of thiazole rings is 1. The van der Waals surface area contributed by atoms with E-state index in [9.17, 15) is 18.0 Å². The molecule has 1 aliphatic heterocycles. The zero-order valence-electron chi connectivity index (χ0n) is 12.0. The molecule has 122 valence electrons. The first kappa shape index (κ1) is 15.7. The number of halogens is 3. The fourth-order valence-electron chi connectivity index (χ4n) is 2.42. The lowest BCUT2D eigenvalue weighted by molar-refractivity contribution is -0.141. The van der Waals surface area contributed by atoms with E-state index in [1.807, 2.05) is 23.1 Å². The number of rotatable bonds is 2. The van der Waals surface area contributed by atoms with Crippen LogP contribution in [0.15, 0.2) is 29.9 Å². The van der Waals surface area contributed by atoms with E-state index >= 15 is 0 Å². The quantitative estimate of drug-likeness (QED) is 0.841. The molecule has 0 atom stereocenters. The van der Waals surface area contributed by atoms with Crippen LogP contribution < -0.4 is 4.90 Å². The molecule has 23 heavy (non-hydrogen) atoms. The highest BCUT2D eigenvalue weighted by molar-refractivity contribution is 7.11. The minimum absolute atomic E-state index is 0.344. The maximum absolute atomic E-state index is 12.8. The molecule has 1 fully saturated rings. The van der Waals surface area contributed by atoms with E-state index in [1.165, 1.54) is 4.90 Å². The summed E-state index contributed by atoms with van der Waals surface area (Å²) in [5.41, 5.74) is -0.0418. The second-order valence-electron chi connectivity index (χ2n) is 5.00. The van der Waals surface area contributed by atoms with Crippen molar-refractivity contribution < 1.29 is 18.0 Å². The number of hydrogen-bond acceptors (Lipinski definition) is 5. The standard InChI is InChI=1S/C14H13F3N4OS/c15-14(16,17)12-11(23-9-19-12)13(22)21-7-5-20(6-8-21)10-3-1-2-4-18-10/h1-4,9H,5-8H2. The van der Waals surface area contributed by atoms with Gasteiger partial charge in [0.15, 0.2) is 5.69 Å². The molecule has 5 nitrogen and oxygen atoms in total. The van der Waals surface area contributed by atoms with E-state index in [2.05, 4.69) is 9.97 Å². The Kier molecular flexibility index (Phi) is 4.20. The summed E-state index contributed by atoms with van der Waals surface area (Å²) in [6.07, 6.45) is -2.93. The van der Waals surface area contributed by atoms with Gasteiger partial charge in [0.05, 0.1) is 5.51 Å². The average molecular weight is 342 g/mol. The van der Waals surface area contributed by atoms with Crippen molar-refractivity contribution in [3.8, 4) is 0 Å². The van der Waals surface area contributed by atoms with Gasteiger partial charge in [0.25, 0.3) is 5.91 Å². The predicted molar refractivity (Wildman–Crippen MR) is 79.5 cm³/mol. The fraction of sp³-hybridized carbons (Fsp3) is 0.357. The summed E-state index contributed by atoms with van der Waals surface area (Å²) in [4.78, 5) is 22.9. The van der Waals surface area contributed by atoms with Crippen LogP contribution in [-0.2, 0) is 6.18 Å². The van der Waals surface area contributed by atoms with Gasteiger partial charge in [0, 0.05) is 32.4 Å². The van der Waals surface area contributed by atoms with Crippen LogP contribution in [0.5, 0.6) is 0 Å². The van der Waals surface area contributed by atoms with Gasteiger partial charge in [-0.3, -0.25) is 4.79 Å². The van der Waals surface area contributed by atoms with Gasteiger partial charge in [0.2, 0.25) is 0 Å². The lowest BCUT2D eigenvalue weighted by Gasteiger charge is -2.35. The molecule has 0 aliphatic carbocycles. The third-order valence-corrected chi connectivity index (χ3v) is 4.38. The maximum atomic E-state index is 12.8. The van der Waals surface area contributed by atoms with Gasteiger partial charge in [-0.05, 0) is 12.1 Å². The minimum atomic E-state index is -4.61. The molecule has 1 amide bonds. The van der Waals surface area contributed by atoms with Crippen molar-refractivity contribution in [2.24, 2.45) is 0 Å². The van der Waals surface area contributed by atoms with Crippen LogP contribution in [0, 0.1) is 0 Å². The Morgan fingerprint density at radius 3 is 2.48 bits per heavy atom. The number of nitrogens with zero attached hydrogens (tertiary/aromatic N) is 4. The molecule has 9 heteroatoms. The Morgan fingerprint density at radius 2 is 1.87 bits per heavy atom. The Bertz CT molecular complexity index is 681. The Morgan fingerprint density at radius 1 is 1.13 bits per heavy atom. The van der Waals surface area contributed by atoms with Crippen LogP contribution in [0.25, 0.3) is 0 Å². The van der Waals surface area contributed by atoms with Gasteiger partial charge in [-0.25, -0.2) is 9.97 Å². The van der Waals surface area contributed by atoms with Crippen molar-refractivity contribution in [3.63, 3.8) is 0 Å². The van der Waals surface area contributed by atoms with E-state index < -0.39 is 17.8 Å². The molecule has 2 aromatic rings. The van der Waals surface area contributed by atoms with Crippen molar-refractivity contribution in [1.29, 1.82) is 0 Å². The second-order valence-corrected chi connectivity index (χ2v) is 5.85. The molecule has 0 aromatic carbocycles. The van der Waals surface area contributed by atoms with Crippen molar-refractivity contribution in [2.75, 3.05) is 31.1 Å². The first-order valence-electron chi connectivity index (χ1n) is 6.93. The first-order valence-corrected chi connectivity index (χ1v) is 7.80. The number of aromatic nitrogens is 2. The van der Waals surface area contributed by atoms with Gasteiger partial charge in [-0.15, -0.1) is 11.3 Å². The third kappa shape index (κ3) is 3.29. The fourth-order valence-corrected chi connectivity index (χ4v) is 3.20. The van der Waals surface area contributed by atoms with Gasteiger partial charge in [0.1, 0.15) is 10.7 Å². The van der Waals surface area contributed by atoms with E-state index in [0.717, 1.165) is 22.7 Å². The molecule has 3 heterocycles. The molecular formula is C14H13F3N4OS. The average Bonchev–Trinajstić information content (AvgIpc) is 3.05. The molecule has 0 spiro atoms. The lowest BCUT2D eigenvalue weighted by atomic mass is 10.2. The first-order chi connectivity index (χ1) is 11.0. The number of alkyl halides is 3. The molecule has 1 saturated heterocycles. The summed E-state index contributed by atoms with van der Waals surface area (Å²) in [6.45, 7) is 1.76. The molecule has 2 aromatic heterocycles. The molecule has 3 rings (SSSR count). The number of piperazine rings is 1. The number of hydrogen-bond donors (Lipinski definition) is 0. The summed E-state index contributed by atoms with van der Waals surface area (Å²) >= 11 is 0.727. The van der Waals surface area contributed by atoms with E-state index in [4.69, 9.17) is 0 Å². The molecule has 1 aliphatic rings. The number of pyridine rings is 1. The Labute approximate surface area is 134 Å². The van der Waals surface area contributed by atoms with Crippen molar-refractivity contribution in [2.45, 2.75) is 6.18 Å². The summed E-state index contributed by atoms with van der Waals surface area (Å²) in [6, 6.07) is 5.54. The van der Waals surface area contributed by atoms with Crippen molar-refractivity contribution in [1.82, 2.24) is 14.9 Å². The summed E-state index contributed by atoms with van der Waals surface area (Å²) in [7, 11) is 0. The topological polar surface area (TPSA) is 49.3 Å². The van der Waals surface area contributed by atoms with Crippen molar-refractivity contribution in [3.05, 3.63) is 40.5 Å². The van der Waals surface area contributed by atoms with E-state index in [-0.39, 0.29) is 4.88 Å². The second kappa shape index (κ2) is 6.15. The number of carbonyl (C=O) groups excluding carboxylic acids is 1. The Hall–Kier alpha value is -2.16. The maximum Gasteiger partial charge on any atom is 0.434 e. The van der Waals surface area contributed by atoms with E-state index in [1.54, 1.807) is 6.20 Å². The highest BCUT2D eigenvalue weighted by Gasteiger charge is 2.39. The lowest BCUT2D eigenvalue weighted by Crippen LogP contribution is -2.49. The normalized spacial score (nSPS) is 15.8. The van der Waals surface area contributed by atoms with Crippen molar-refractivity contribution >= 4 is 23.1 Å². The number of carbonyl (C=O) groups is 1. The van der Waals surface area contributed by atoms with Gasteiger partial charge in [-0.2, -0.15) is 13.2 Å². The molecule has 0 N–H and O–H groups in total. The van der Waals surface area contributed by atoms with Crippen LogP contribution in [0.2, 0.25) is 0 Å². The Balaban J connectivity index is 1.69. The van der Waals surface area contributed by atoms with Gasteiger partial charge in [-0.1, -0.05) is 6.07 Å². The van der Waals surface area contributed by atoms with E-state index in [0.29, 0.717) is 26.2 Å². The summed E-state index contributed by atoms with van der Waals surface area (Å²) in [5.74, 6) is 0.189. The van der Waals surface area contributed by atoms with Crippen LogP contribution in [0.3, 0.4) is 0 Å². The van der Waals surface area contributed by atoms with Gasteiger partial charge < -0.3 is 9.80 Å². The number of anilines is 1. The summed E-state index contributed by atoms with van der Waals surface area (Å²) < 4.78 is 38.5. The predicted octanol–water partition coefficient (Wildman–Crippen LogP) is 2.52. The molecule has 0 radical (unpaired) electrons. The van der Waals surface area contributed by atoms with Crippen LogP contribution >= 0.6 is 11.3 Å². The number of amides is 1. The van der Waals surface area contributed by atoms with Gasteiger partial charge >= 0.3 is 6.18 Å². The van der Waals surface area contributed by atoms with Crippen LogP contribution in [0.1, 0.15) is 15.4 Å². The molecular weight excluding hydrogens is 329 g/mol. The van der Waals surface area contributed by atoms with Crippen LogP contribution in [0.4, 0.5) is 19.0 Å². The zero-order valence-corrected chi connectivity index (χ0v) is 12.8. The smallest absolute Gasteiger partial charge is 0.353 e. The SMILES string of the molecule is O=C(c1scnc1C(F)(F)F)N1CCN(c2ccccn2)CC1. The molecule has 0 unspecified atom stereocenters. The third-order valence-electron chi connectivity index (χ3n) is 3.57. The molecule has 0 bridgehead atoms. The largest absolute Gasteiger partial charge is 0.434 e. The molecule has 0 saturated carbocycles. The monoisotopic (exact) mass is 342 g/mol.